The highest BCUT2D eigenvalue weighted by Crippen LogP contribution is 2.27. The summed E-state index contributed by atoms with van der Waals surface area (Å²) >= 11 is 2.99. The summed E-state index contributed by atoms with van der Waals surface area (Å²) in [6, 6.07) is 13.4. The van der Waals surface area contributed by atoms with E-state index < -0.39 is 0 Å². The van der Waals surface area contributed by atoms with E-state index >= 15 is 0 Å². The third-order valence-corrected chi connectivity index (χ3v) is 5.80. The third-order valence-electron chi connectivity index (χ3n) is 3.96. The molecule has 7 heteroatoms. The number of thiazole rings is 1. The summed E-state index contributed by atoms with van der Waals surface area (Å²) in [5.74, 6) is 0.242. The SMILES string of the molecule is O=C(Cc1csc(-c2ccco2)n1)NC(c1ccc(F)cc1)c1cccs1. The number of thiophene rings is 1. The monoisotopic (exact) mass is 398 g/mol. The summed E-state index contributed by atoms with van der Waals surface area (Å²) in [5, 5.41) is 7.59. The maximum atomic E-state index is 13.3. The Morgan fingerprint density at radius 2 is 2.00 bits per heavy atom. The molecule has 3 heterocycles. The maximum absolute atomic E-state index is 13.3. The van der Waals surface area contributed by atoms with Gasteiger partial charge in [0.15, 0.2) is 10.8 Å². The quantitative estimate of drug-likeness (QED) is 0.494. The molecule has 0 saturated heterocycles. The maximum Gasteiger partial charge on any atom is 0.226 e. The van der Waals surface area contributed by atoms with Crippen molar-refractivity contribution in [2.45, 2.75) is 12.5 Å². The summed E-state index contributed by atoms with van der Waals surface area (Å²) < 4.78 is 18.6. The van der Waals surface area contributed by atoms with Gasteiger partial charge in [0.2, 0.25) is 5.91 Å². The molecule has 1 unspecified atom stereocenters. The van der Waals surface area contributed by atoms with Crippen LogP contribution in [-0.4, -0.2) is 10.9 Å². The fraction of sp³-hybridized carbons (Fsp3) is 0.100. The third kappa shape index (κ3) is 4.15. The van der Waals surface area contributed by atoms with Crippen LogP contribution in [0.2, 0.25) is 0 Å². The summed E-state index contributed by atoms with van der Waals surface area (Å²) in [6.45, 7) is 0. The van der Waals surface area contributed by atoms with Crippen LogP contribution in [0.4, 0.5) is 4.39 Å². The van der Waals surface area contributed by atoms with Crippen LogP contribution in [0.5, 0.6) is 0 Å². The van der Waals surface area contributed by atoms with Gasteiger partial charge in [-0.25, -0.2) is 9.37 Å². The predicted molar refractivity (Wildman–Crippen MR) is 104 cm³/mol. The largest absolute Gasteiger partial charge is 0.462 e. The molecule has 4 aromatic rings. The minimum absolute atomic E-state index is 0.144. The molecule has 0 radical (unpaired) electrons. The predicted octanol–water partition coefficient (Wildman–Crippen LogP) is 5.05. The molecular weight excluding hydrogens is 383 g/mol. The van der Waals surface area contributed by atoms with E-state index in [4.69, 9.17) is 4.42 Å². The Labute approximate surface area is 163 Å². The minimum atomic E-state index is -0.318. The van der Waals surface area contributed by atoms with Crippen LogP contribution in [-0.2, 0) is 11.2 Å². The number of amides is 1. The van der Waals surface area contributed by atoms with Crippen LogP contribution in [0.25, 0.3) is 10.8 Å². The van der Waals surface area contributed by atoms with Crippen LogP contribution < -0.4 is 5.32 Å². The fourth-order valence-electron chi connectivity index (χ4n) is 2.71. The number of hydrogen-bond acceptors (Lipinski definition) is 5. The highest BCUT2D eigenvalue weighted by atomic mass is 32.1. The van der Waals surface area contributed by atoms with E-state index in [0.29, 0.717) is 11.5 Å². The molecule has 136 valence electrons. The van der Waals surface area contributed by atoms with Crippen molar-refractivity contribution in [2.75, 3.05) is 0 Å². The summed E-state index contributed by atoms with van der Waals surface area (Å²) in [4.78, 5) is 18.1. The van der Waals surface area contributed by atoms with Crippen LogP contribution in [0.3, 0.4) is 0 Å². The average Bonchev–Trinajstić information content (AvgIpc) is 3.42. The number of furan rings is 1. The van der Waals surface area contributed by atoms with Crippen LogP contribution in [0, 0.1) is 5.82 Å². The molecule has 0 fully saturated rings. The van der Waals surface area contributed by atoms with Gasteiger partial charge in [-0.05, 0) is 41.3 Å². The lowest BCUT2D eigenvalue weighted by atomic mass is 10.0. The molecule has 1 atom stereocenters. The first kappa shape index (κ1) is 17.6. The van der Waals surface area contributed by atoms with Crippen molar-refractivity contribution < 1.29 is 13.6 Å². The fourth-order valence-corrected chi connectivity index (χ4v) is 4.30. The topological polar surface area (TPSA) is 55.1 Å². The summed E-state index contributed by atoms with van der Waals surface area (Å²) in [7, 11) is 0. The molecule has 1 amide bonds. The van der Waals surface area contributed by atoms with Crippen molar-refractivity contribution in [3.05, 3.63) is 87.5 Å². The number of nitrogens with one attached hydrogen (secondary N) is 1. The van der Waals surface area contributed by atoms with E-state index in [0.717, 1.165) is 15.4 Å². The highest BCUT2D eigenvalue weighted by molar-refractivity contribution is 7.13. The van der Waals surface area contributed by atoms with Gasteiger partial charge < -0.3 is 9.73 Å². The molecular formula is C20H15FN2O2S2. The van der Waals surface area contributed by atoms with Crippen molar-refractivity contribution in [3.8, 4) is 10.8 Å². The number of aromatic nitrogens is 1. The molecule has 0 spiro atoms. The molecule has 0 aliphatic carbocycles. The van der Waals surface area contributed by atoms with Crippen molar-refractivity contribution in [3.63, 3.8) is 0 Å². The Hall–Kier alpha value is -2.77. The molecule has 0 bridgehead atoms. The van der Waals surface area contributed by atoms with E-state index in [1.807, 2.05) is 29.0 Å². The molecule has 4 rings (SSSR count). The number of nitrogens with zero attached hydrogens (tertiary/aromatic N) is 1. The number of carbonyl (C=O) groups excluding carboxylic acids is 1. The first-order chi connectivity index (χ1) is 13.2. The van der Waals surface area contributed by atoms with Gasteiger partial charge in [0.1, 0.15) is 5.82 Å². The Morgan fingerprint density at radius 3 is 2.70 bits per heavy atom. The van der Waals surface area contributed by atoms with Gasteiger partial charge in [0, 0.05) is 10.3 Å². The highest BCUT2D eigenvalue weighted by Gasteiger charge is 2.19. The molecule has 1 aromatic carbocycles. The van der Waals surface area contributed by atoms with Gasteiger partial charge in [-0.2, -0.15) is 0 Å². The van der Waals surface area contributed by atoms with Gasteiger partial charge in [-0.15, -0.1) is 22.7 Å². The molecule has 0 aliphatic heterocycles. The van der Waals surface area contributed by atoms with Gasteiger partial charge in [0.25, 0.3) is 0 Å². The van der Waals surface area contributed by atoms with E-state index in [2.05, 4.69) is 10.3 Å². The molecule has 0 aliphatic rings. The van der Waals surface area contributed by atoms with Crippen molar-refractivity contribution in [1.29, 1.82) is 0 Å². The number of carbonyl (C=O) groups is 1. The van der Waals surface area contributed by atoms with Crippen molar-refractivity contribution in [1.82, 2.24) is 10.3 Å². The van der Waals surface area contributed by atoms with Crippen LogP contribution in [0.15, 0.2) is 70.0 Å². The standard InChI is InChI=1S/C20H15FN2O2S2/c21-14-7-5-13(6-8-14)19(17-4-2-10-26-17)23-18(24)11-15-12-27-20(22-15)16-3-1-9-25-16/h1-10,12,19H,11H2,(H,23,24). The van der Waals surface area contributed by atoms with Gasteiger partial charge >= 0.3 is 0 Å². The van der Waals surface area contributed by atoms with E-state index in [1.165, 1.54) is 23.5 Å². The van der Waals surface area contributed by atoms with E-state index in [1.54, 1.807) is 35.8 Å². The van der Waals surface area contributed by atoms with E-state index in [9.17, 15) is 9.18 Å². The lowest BCUT2D eigenvalue weighted by Gasteiger charge is -2.18. The molecule has 0 saturated carbocycles. The number of halogens is 1. The Kier molecular flexibility index (Phi) is 5.13. The number of benzene rings is 1. The minimum Gasteiger partial charge on any atom is -0.462 e. The summed E-state index contributed by atoms with van der Waals surface area (Å²) in [5.41, 5.74) is 1.52. The van der Waals surface area contributed by atoms with Crippen molar-refractivity contribution >= 4 is 28.6 Å². The second-order valence-electron chi connectivity index (χ2n) is 5.87. The van der Waals surface area contributed by atoms with Crippen molar-refractivity contribution in [2.24, 2.45) is 0 Å². The Morgan fingerprint density at radius 1 is 1.15 bits per heavy atom. The Bertz CT molecular complexity index is 1010. The average molecular weight is 398 g/mol. The lowest BCUT2D eigenvalue weighted by Crippen LogP contribution is -2.30. The zero-order chi connectivity index (χ0) is 18.6. The lowest BCUT2D eigenvalue weighted by molar-refractivity contribution is -0.120. The van der Waals surface area contributed by atoms with E-state index in [-0.39, 0.29) is 24.2 Å². The molecule has 3 aromatic heterocycles. The normalized spacial score (nSPS) is 12.0. The van der Waals surface area contributed by atoms with Crippen LogP contribution >= 0.6 is 22.7 Å². The summed E-state index contributed by atoms with van der Waals surface area (Å²) in [6.07, 6.45) is 1.76. The first-order valence-electron chi connectivity index (χ1n) is 8.25. The smallest absolute Gasteiger partial charge is 0.226 e. The van der Waals surface area contributed by atoms with Gasteiger partial charge in [-0.1, -0.05) is 18.2 Å². The molecule has 1 N–H and O–H groups in total. The first-order valence-corrected chi connectivity index (χ1v) is 10.0. The van der Waals surface area contributed by atoms with Gasteiger partial charge in [-0.3, -0.25) is 4.79 Å². The zero-order valence-corrected chi connectivity index (χ0v) is 15.7. The number of rotatable bonds is 6. The van der Waals surface area contributed by atoms with Crippen LogP contribution in [0.1, 0.15) is 22.2 Å². The Balaban J connectivity index is 1.49. The second-order valence-corrected chi connectivity index (χ2v) is 7.70. The number of hydrogen-bond donors (Lipinski definition) is 1. The molecule has 4 nitrogen and oxygen atoms in total. The zero-order valence-electron chi connectivity index (χ0n) is 14.1. The van der Waals surface area contributed by atoms with Gasteiger partial charge in [0.05, 0.1) is 24.4 Å². The second kappa shape index (κ2) is 7.85. The molecule has 27 heavy (non-hydrogen) atoms.